The van der Waals surface area contributed by atoms with Gasteiger partial charge >= 0.3 is 0 Å². The lowest BCUT2D eigenvalue weighted by Gasteiger charge is -2.23. The first-order valence-electron chi connectivity index (χ1n) is 8.23. The van der Waals surface area contributed by atoms with Gasteiger partial charge in [-0.1, -0.05) is 75.4 Å². The Labute approximate surface area is 139 Å². The zero-order valence-corrected chi connectivity index (χ0v) is 14.5. The third-order valence-corrected chi connectivity index (χ3v) is 4.46. The summed E-state index contributed by atoms with van der Waals surface area (Å²) in [5.41, 5.74) is 4.20. The van der Waals surface area contributed by atoms with Crippen LogP contribution in [0.3, 0.4) is 0 Å². The van der Waals surface area contributed by atoms with Crippen molar-refractivity contribution in [1.82, 2.24) is 0 Å². The summed E-state index contributed by atoms with van der Waals surface area (Å²) in [5, 5.41) is 2.65. The molecule has 0 aliphatic carbocycles. The van der Waals surface area contributed by atoms with E-state index < -0.39 is 0 Å². The van der Waals surface area contributed by atoms with Gasteiger partial charge in [-0.2, -0.15) is 0 Å². The Kier molecular flexibility index (Phi) is 4.12. The summed E-state index contributed by atoms with van der Waals surface area (Å²) in [6.45, 7) is 7.67. The summed E-state index contributed by atoms with van der Waals surface area (Å²) in [6.07, 6.45) is 0. The predicted molar refractivity (Wildman–Crippen MR) is 101 cm³/mol. The summed E-state index contributed by atoms with van der Waals surface area (Å²) in [7, 11) is 2.16. The summed E-state index contributed by atoms with van der Waals surface area (Å²) in [6, 6.07) is 24.1. The van der Waals surface area contributed by atoms with Crippen molar-refractivity contribution in [1.29, 1.82) is 0 Å². The topological polar surface area (TPSA) is 3.24 Å². The van der Waals surface area contributed by atoms with Crippen LogP contribution in [0.5, 0.6) is 0 Å². The van der Waals surface area contributed by atoms with Crippen molar-refractivity contribution < 1.29 is 0 Å². The van der Waals surface area contributed by atoms with E-state index in [-0.39, 0.29) is 5.41 Å². The van der Waals surface area contributed by atoms with Crippen LogP contribution in [0.4, 0.5) is 5.69 Å². The molecule has 0 fully saturated rings. The Morgan fingerprint density at radius 2 is 1.43 bits per heavy atom. The highest BCUT2D eigenvalue weighted by atomic mass is 15.1. The standard InChI is InChI=1S/C22H25N/c1-22(2,3)19-12-14-20(15-13-19)23(4)16-18-10-7-9-17-8-5-6-11-21(17)18/h5-15H,16H2,1-4H3. The third-order valence-electron chi connectivity index (χ3n) is 4.46. The molecule has 0 atom stereocenters. The Balaban J connectivity index is 1.85. The highest BCUT2D eigenvalue weighted by Crippen LogP contribution is 2.26. The average molecular weight is 303 g/mol. The fourth-order valence-corrected chi connectivity index (χ4v) is 2.99. The molecule has 3 aromatic rings. The van der Waals surface area contributed by atoms with E-state index in [2.05, 4.69) is 99.4 Å². The van der Waals surface area contributed by atoms with Crippen molar-refractivity contribution in [2.45, 2.75) is 32.7 Å². The van der Waals surface area contributed by atoms with Gasteiger partial charge in [-0.15, -0.1) is 0 Å². The quantitative estimate of drug-likeness (QED) is 0.593. The number of nitrogens with zero attached hydrogens (tertiary/aromatic N) is 1. The van der Waals surface area contributed by atoms with E-state index in [1.165, 1.54) is 27.6 Å². The monoisotopic (exact) mass is 303 g/mol. The maximum atomic E-state index is 2.31. The van der Waals surface area contributed by atoms with Crippen molar-refractivity contribution in [3.05, 3.63) is 77.9 Å². The molecular weight excluding hydrogens is 278 g/mol. The van der Waals surface area contributed by atoms with Crippen LogP contribution >= 0.6 is 0 Å². The first kappa shape index (κ1) is 15.6. The number of rotatable bonds is 3. The predicted octanol–water partition coefficient (Wildman–Crippen LogP) is 5.77. The van der Waals surface area contributed by atoms with Gasteiger partial charge in [-0.3, -0.25) is 0 Å². The molecule has 1 heteroatoms. The van der Waals surface area contributed by atoms with Crippen LogP contribution in [0.15, 0.2) is 66.7 Å². The molecule has 118 valence electrons. The van der Waals surface area contributed by atoms with Crippen molar-refractivity contribution in [2.75, 3.05) is 11.9 Å². The van der Waals surface area contributed by atoms with E-state index in [0.29, 0.717) is 0 Å². The molecule has 0 aromatic heterocycles. The van der Waals surface area contributed by atoms with E-state index in [4.69, 9.17) is 0 Å². The molecule has 0 saturated heterocycles. The molecule has 0 bridgehead atoms. The number of benzene rings is 3. The number of hydrogen-bond acceptors (Lipinski definition) is 1. The van der Waals surface area contributed by atoms with Crippen LogP contribution in [0, 0.1) is 0 Å². The Hall–Kier alpha value is -2.28. The lowest BCUT2D eigenvalue weighted by Crippen LogP contribution is -2.17. The van der Waals surface area contributed by atoms with E-state index in [1.54, 1.807) is 0 Å². The number of fused-ring (bicyclic) bond motifs is 1. The molecule has 0 saturated carbocycles. The molecule has 3 rings (SSSR count). The lowest BCUT2D eigenvalue weighted by molar-refractivity contribution is 0.590. The second-order valence-electron chi connectivity index (χ2n) is 7.29. The minimum Gasteiger partial charge on any atom is -0.370 e. The van der Waals surface area contributed by atoms with Crippen LogP contribution in [0.2, 0.25) is 0 Å². The first-order valence-corrected chi connectivity index (χ1v) is 8.23. The van der Waals surface area contributed by atoms with Gasteiger partial charge in [0.15, 0.2) is 0 Å². The first-order chi connectivity index (χ1) is 10.9. The molecule has 1 nitrogen and oxygen atoms in total. The van der Waals surface area contributed by atoms with Crippen LogP contribution < -0.4 is 4.90 Å². The summed E-state index contributed by atoms with van der Waals surface area (Å²) < 4.78 is 0. The van der Waals surface area contributed by atoms with E-state index in [1.807, 2.05) is 0 Å². The summed E-state index contributed by atoms with van der Waals surface area (Å²) >= 11 is 0. The van der Waals surface area contributed by atoms with E-state index in [9.17, 15) is 0 Å². The number of anilines is 1. The minimum absolute atomic E-state index is 0.201. The highest BCUT2D eigenvalue weighted by Gasteiger charge is 2.13. The Morgan fingerprint density at radius 3 is 2.13 bits per heavy atom. The smallest absolute Gasteiger partial charge is 0.0432 e. The molecule has 0 N–H and O–H groups in total. The largest absolute Gasteiger partial charge is 0.370 e. The molecule has 0 aliphatic heterocycles. The fourth-order valence-electron chi connectivity index (χ4n) is 2.99. The molecule has 0 spiro atoms. The van der Waals surface area contributed by atoms with E-state index >= 15 is 0 Å². The van der Waals surface area contributed by atoms with Crippen LogP contribution in [0.1, 0.15) is 31.9 Å². The van der Waals surface area contributed by atoms with Crippen molar-refractivity contribution >= 4 is 16.5 Å². The Bertz CT molecular complexity index is 789. The molecule has 23 heavy (non-hydrogen) atoms. The van der Waals surface area contributed by atoms with Crippen molar-refractivity contribution in [3.63, 3.8) is 0 Å². The molecule has 0 radical (unpaired) electrons. The zero-order valence-electron chi connectivity index (χ0n) is 14.5. The van der Waals surface area contributed by atoms with Crippen LogP contribution in [0.25, 0.3) is 10.8 Å². The van der Waals surface area contributed by atoms with Gasteiger partial charge in [0, 0.05) is 19.3 Å². The molecule has 3 aromatic carbocycles. The molecule has 0 unspecified atom stereocenters. The SMILES string of the molecule is CN(Cc1cccc2ccccc12)c1ccc(C(C)(C)C)cc1. The van der Waals surface area contributed by atoms with Crippen LogP contribution in [-0.2, 0) is 12.0 Å². The van der Waals surface area contributed by atoms with Crippen molar-refractivity contribution in [2.24, 2.45) is 0 Å². The summed E-state index contributed by atoms with van der Waals surface area (Å²) in [4.78, 5) is 2.31. The minimum atomic E-state index is 0.201. The van der Waals surface area contributed by atoms with Gasteiger partial charge in [-0.25, -0.2) is 0 Å². The maximum absolute atomic E-state index is 2.31. The van der Waals surface area contributed by atoms with Crippen molar-refractivity contribution in [3.8, 4) is 0 Å². The third kappa shape index (κ3) is 3.39. The van der Waals surface area contributed by atoms with E-state index in [0.717, 1.165) is 6.54 Å². The molecule has 0 amide bonds. The van der Waals surface area contributed by atoms with Gasteiger partial charge in [0.25, 0.3) is 0 Å². The lowest BCUT2D eigenvalue weighted by atomic mass is 9.87. The molecular formula is C22H25N. The van der Waals surface area contributed by atoms with Gasteiger partial charge in [0.05, 0.1) is 0 Å². The second-order valence-corrected chi connectivity index (χ2v) is 7.29. The average Bonchev–Trinajstić information content (AvgIpc) is 2.54. The maximum Gasteiger partial charge on any atom is 0.0432 e. The zero-order chi connectivity index (χ0) is 16.4. The fraction of sp³-hybridized carbons (Fsp3) is 0.273. The Morgan fingerprint density at radius 1 is 0.783 bits per heavy atom. The van der Waals surface area contributed by atoms with Crippen LogP contribution in [-0.4, -0.2) is 7.05 Å². The molecule has 0 heterocycles. The number of hydrogen-bond donors (Lipinski definition) is 0. The normalized spacial score (nSPS) is 11.7. The van der Waals surface area contributed by atoms with Gasteiger partial charge in [0.2, 0.25) is 0 Å². The summed E-state index contributed by atoms with van der Waals surface area (Å²) in [5.74, 6) is 0. The molecule has 0 aliphatic rings. The van der Waals surface area contributed by atoms with Gasteiger partial charge in [0.1, 0.15) is 0 Å². The highest BCUT2D eigenvalue weighted by molar-refractivity contribution is 5.85. The van der Waals surface area contributed by atoms with Gasteiger partial charge in [-0.05, 0) is 39.4 Å². The van der Waals surface area contributed by atoms with Gasteiger partial charge < -0.3 is 4.90 Å². The second kappa shape index (κ2) is 6.08.